The van der Waals surface area contributed by atoms with Crippen LogP contribution in [-0.2, 0) is 0 Å². The lowest BCUT2D eigenvalue weighted by Gasteiger charge is -2.06. The Hall–Kier alpha value is -4.26. The molecule has 7 heteroatoms. The van der Waals surface area contributed by atoms with E-state index >= 15 is 0 Å². The van der Waals surface area contributed by atoms with E-state index in [0.29, 0.717) is 22.5 Å². The number of hydrogen-bond acceptors (Lipinski definition) is 7. The van der Waals surface area contributed by atoms with Crippen molar-refractivity contribution in [1.82, 2.24) is 0 Å². The van der Waals surface area contributed by atoms with Gasteiger partial charge in [0.2, 0.25) is 0 Å². The number of carbonyl (C=O) groups is 1. The van der Waals surface area contributed by atoms with Crippen LogP contribution in [0, 0.1) is 6.92 Å². The number of hydrogen-bond donors (Lipinski definition) is 0. The highest BCUT2D eigenvalue weighted by atomic mass is 16.5. The zero-order chi connectivity index (χ0) is 21.8. The zero-order valence-corrected chi connectivity index (χ0v) is 16.9. The summed E-state index contributed by atoms with van der Waals surface area (Å²) in [7, 11) is 1.60. The average Bonchev–Trinajstić information content (AvgIpc) is 2.78. The van der Waals surface area contributed by atoms with Crippen LogP contribution >= 0.6 is 0 Å². The second-order valence-electron chi connectivity index (χ2n) is 6.74. The van der Waals surface area contributed by atoms with E-state index in [-0.39, 0.29) is 5.75 Å². The Morgan fingerprint density at radius 2 is 1.45 bits per heavy atom. The molecule has 0 spiro atoms. The number of methoxy groups -OCH3 is 1. The summed E-state index contributed by atoms with van der Waals surface area (Å²) >= 11 is 0. The van der Waals surface area contributed by atoms with Crippen molar-refractivity contribution in [2.45, 2.75) is 6.92 Å². The van der Waals surface area contributed by atoms with Gasteiger partial charge in [-0.15, -0.1) is 0 Å². The van der Waals surface area contributed by atoms with Crippen molar-refractivity contribution in [1.29, 1.82) is 0 Å². The Bertz CT molecular complexity index is 1320. The van der Waals surface area contributed by atoms with Crippen molar-refractivity contribution in [3.63, 3.8) is 0 Å². The zero-order valence-electron chi connectivity index (χ0n) is 16.9. The Balaban J connectivity index is 1.46. The van der Waals surface area contributed by atoms with Gasteiger partial charge >= 0.3 is 11.6 Å². The minimum Gasteiger partial charge on any atom is -0.497 e. The van der Waals surface area contributed by atoms with Crippen molar-refractivity contribution < 1.29 is 18.7 Å². The Morgan fingerprint density at radius 1 is 0.839 bits per heavy atom. The van der Waals surface area contributed by atoms with Crippen LogP contribution in [0.3, 0.4) is 0 Å². The second kappa shape index (κ2) is 8.62. The van der Waals surface area contributed by atoms with E-state index < -0.39 is 11.6 Å². The third-order valence-corrected chi connectivity index (χ3v) is 4.59. The fourth-order valence-corrected chi connectivity index (χ4v) is 2.96. The molecule has 1 aromatic heterocycles. The fourth-order valence-electron chi connectivity index (χ4n) is 2.96. The van der Waals surface area contributed by atoms with Crippen LogP contribution in [0.4, 0.5) is 11.4 Å². The monoisotopic (exact) mass is 414 g/mol. The lowest BCUT2D eigenvalue weighted by atomic mass is 10.1. The minimum absolute atomic E-state index is 0.287. The first-order valence-electron chi connectivity index (χ1n) is 9.44. The fraction of sp³-hybridized carbons (Fsp3) is 0.0833. The van der Waals surface area contributed by atoms with Crippen LogP contribution in [-0.4, -0.2) is 13.1 Å². The molecule has 0 atom stereocenters. The van der Waals surface area contributed by atoms with Crippen LogP contribution in [0.15, 0.2) is 92.2 Å². The van der Waals surface area contributed by atoms with E-state index in [2.05, 4.69) is 10.2 Å². The molecular weight excluding hydrogens is 396 g/mol. The summed E-state index contributed by atoms with van der Waals surface area (Å²) in [6.45, 7) is 1.82. The van der Waals surface area contributed by atoms with Gasteiger partial charge in [0.05, 0.1) is 24.0 Å². The number of ether oxygens (including phenoxy) is 2. The summed E-state index contributed by atoms with van der Waals surface area (Å²) < 4.78 is 15.7. The summed E-state index contributed by atoms with van der Waals surface area (Å²) in [6, 6.07) is 20.1. The molecule has 0 aliphatic rings. The van der Waals surface area contributed by atoms with Crippen LogP contribution < -0.4 is 15.1 Å². The summed E-state index contributed by atoms with van der Waals surface area (Å²) in [4.78, 5) is 24.0. The van der Waals surface area contributed by atoms with E-state index in [9.17, 15) is 9.59 Å². The number of azo groups is 1. The maximum atomic E-state index is 12.5. The van der Waals surface area contributed by atoms with Crippen molar-refractivity contribution in [2.24, 2.45) is 10.2 Å². The lowest BCUT2D eigenvalue weighted by molar-refractivity contribution is 0.0735. The van der Waals surface area contributed by atoms with Crippen molar-refractivity contribution in [3.05, 3.63) is 94.3 Å². The molecule has 0 fully saturated rings. The molecule has 0 saturated heterocycles. The predicted octanol–water partition coefficient (Wildman–Crippen LogP) is 5.74. The largest absolute Gasteiger partial charge is 0.497 e. The number of fused-ring (bicyclic) bond motifs is 1. The molecule has 0 radical (unpaired) electrons. The predicted molar refractivity (Wildman–Crippen MR) is 116 cm³/mol. The molecule has 0 saturated carbocycles. The number of aryl methyl sites for hydroxylation is 1. The lowest BCUT2D eigenvalue weighted by Crippen LogP contribution is -2.08. The maximum Gasteiger partial charge on any atom is 0.343 e. The van der Waals surface area contributed by atoms with Crippen LogP contribution in [0.1, 0.15) is 15.9 Å². The van der Waals surface area contributed by atoms with Crippen molar-refractivity contribution >= 4 is 28.3 Å². The standard InChI is InChI=1S/C24H18N2O5/c1-15-13-23(27)31-22-14-20(11-12-21(15)22)30-24(28)16-3-5-17(6-4-16)25-26-18-7-9-19(29-2)10-8-18/h3-14H,1-2H3. The first kappa shape index (κ1) is 20.0. The first-order chi connectivity index (χ1) is 15.0. The number of carbonyl (C=O) groups excluding carboxylic acids is 1. The van der Waals surface area contributed by atoms with Gasteiger partial charge in [-0.3, -0.25) is 0 Å². The molecule has 0 aliphatic carbocycles. The first-order valence-corrected chi connectivity index (χ1v) is 9.44. The highest BCUT2D eigenvalue weighted by Crippen LogP contribution is 2.24. The van der Waals surface area contributed by atoms with E-state index in [0.717, 1.165) is 16.7 Å². The highest BCUT2D eigenvalue weighted by Gasteiger charge is 2.11. The van der Waals surface area contributed by atoms with E-state index in [4.69, 9.17) is 13.9 Å². The van der Waals surface area contributed by atoms with Gasteiger partial charge < -0.3 is 13.9 Å². The van der Waals surface area contributed by atoms with E-state index in [1.165, 1.54) is 12.1 Å². The summed E-state index contributed by atoms with van der Waals surface area (Å²) in [5.74, 6) is 0.494. The Kier molecular flexibility index (Phi) is 5.57. The SMILES string of the molecule is COc1ccc(N=Nc2ccc(C(=O)Oc3ccc4c(C)cc(=O)oc4c3)cc2)cc1. The molecule has 4 rings (SSSR count). The van der Waals surface area contributed by atoms with Crippen LogP contribution in [0.5, 0.6) is 11.5 Å². The van der Waals surface area contributed by atoms with E-state index in [1.54, 1.807) is 67.8 Å². The molecule has 0 aliphatic heterocycles. The summed E-state index contributed by atoms with van der Waals surface area (Å²) in [5, 5.41) is 9.10. The molecule has 154 valence electrons. The van der Waals surface area contributed by atoms with Gasteiger partial charge in [-0.05, 0) is 73.2 Å². The molecule has 0 amide bonds. The van der Waals surface area contributed by atoms with Gasteiger partial charge in [0.25, 0.3) is 0 Å². The molecule has 3 aromatic carbocycles. The summed E-state index contributed by atoms with van der Waals surface area (Å²) in [5.41, 5.74) is 2.34. The third-order valence-electron chi connectivity index (χ3n) is 4.59. The molecular formula is C24H18N2O5. The normalized spacial score (nSPS) is 11.0. The smallest absolute Gasteiger partial charge is 0.343 e. The third kappa shape index (κ3) is 4.67. The molecule has 1 heterocycles. The quantitative estimate of drug-likeness (QED) is 0.180. The van der Waals surface area contributed by atoms with Gasteiger partial charge in [-0.25, -0.2) is 9.59 Å². The second-order valence-corrected chi connectivity index (χ2v) is 6.74. The van der Waals surface area contributed by atoms with Crippen molar-refractivity contribution in [2.75, 3.05) is 7.11 Å². The molecule has 0 bridgehead atoms. The molecule has 7 nitrogen and oxygen atoms in total. The Labute approximate surface area is 177 Å². The highest BCUT2D eigenvalue weighted by molar-refractivity contribution is 5.92. The van der Waals surface area contributed by atoms with Gasteiger partial charge in [-0.2, -0.15) is 10.2 Å². The maximum absolute atomic E-state index is 12.5. The van der Waals surface area contributed by atoms with Crippen LogP contribution in [0.2, 0.25) is 0 Å². The van der Waals surface area contributed by atoms with Gasteiger partial charge in [-0.1, -0.05) is 0 Å². The van der Waals surface area contributed by atoms with E-state index in [1.807, 2.05) is 6.92 Å². The van der Waals surface area contributed by atoms with Gasteiger partial charge in [0.15, 0.2) is 0 Å². The van der Waals surface area contributed by atoms with Crippen LogP contribution in [0.25, 0.3) is 11.0 Å². The molecule has 4 aromatic rings. The average molecular weight is 414 g/mol. The number of rotatable bonds is 5. The Morgan fingerprint density at radius 3 is 2.10 bits per heavy atom. The van der Waals surface area contributed by atoms with Gasteiger partial charge in [0.1, 0.15) is 17.1 Å². The van der Waals surface area contributed by atoms with Crippen molar-refractivity contribution in [3.8, 4) is 11.5 Å². The molecule has 31 heavy (non-hydrogen) atoms. The topological polar surface area (TPSA) is 90.5 Å². The number of nitrogens with zero attached hydrogens (tertiary/aromatic N) is 2. The summed E-state index contributed by atoms with van der Waals surface area (Å²) in [6.07, 6.45) is 0. The minimum atomic E-state index is -0.534. The molecule has 0 N–H and O–H groups in total. The number of esters is 1. The number of benzene rings is 3. The molecule has 0 unspecified atom stereocenters. The van der Waals surface area contributed by atoms with Gasteiger partial charge in [0, 0.05) is 17.5 Å².